The monoisotopic (exact) mass is 163 g/mol. The van der Waals surface area contributed by atoms with E-state index in [1.807, 2.05) is 0 Å². The number of anilines is 2. The molecular weight excluding hydrogens is 156 g/mol. The van der Waals surface area contributed by atoms with Crippen molar-refractivity contribution >= 4 is 17.5 Å². The van der Waals surface area contributed by atoms with E-state index < -0.39 is 6.03 Å². The number of rotatable bonds is 0. The molecule has 1 aliphatic heterocycles. The number of primary amides is 1. The number of hydrogen-bond donors (Lipinski definition) is 2. The molecule has 2 amide bonds. The van der Waals surface area contributed by atoms with Crippen molar-refractivity contribution in [2.75, 3.05) is 10.2 Å². The molecule has 5 heteroatoms. The number of amides is 2. The minimum atomic E-state index is -0.519. The first-order chi connectivity index (χ1) is 5.79. The summed E-state index contributed by atoms with van der Waals surface area (Å²) in [5, 5.41) is 2.82. The molecular formula is C7H7N4O. The van der Waals surface area contributed by atoms with Gasteiger partial charge in [-0.3, -0.25) is 4.90 Å². The number of nitrogens with one attached hydrogen (secondary N) is 1. The van der Waals surface area contributed by atoms with E-state index in [0.29, 0.717) is 11.5 Å². The first kappa shape index (κ1) is 6.90. The zero-order chi connectivity index (χ0) is 8.55. The van der Waals surface area contributed by atoms with Crippen LogP contribution in [0.25, 0.3) is 0 Å². The molecule has 0 bridgehead atoms. The predicted octanol–water partition coefficient (Wildman–Crippen LogP) is 0.511. The largest absolute Gasteiger partial charge is 0.351 e. The number of aromatic nitrogens is 1. The van der Waals surface area contributed by atoms with Gasteiger partial charge in [-0.1, -0.05) is 0 Å². The van der Waals surface area contributed by atoms with Gasteiger partial charge in [-0.15, -0.1) is 0 Å². The fourth-order valence-corrected chi connectivity index (χ4v) is 1.08. The van der Waals surface area contributed by atoms with Crippen molar-refractivity contribution in [1.29, 1.82) is 0 Å². The van der Waals surface area contributed by atoms with E-state index in [1.54, 1.807) is 18.3 Å². The number of carbonyl (C=O) groups excluding carboxylic acids is 1. The highest BCUT2D eigenvalue weighted by molar-refractivity contribution is 5.98. The summed E-state index contributed by atoms with van der Waals surface area (Å²) in [5.41, 5.74) is 5.79. The normalized spacial score (nSPS) is 13.8. The van der Waals surface area contributed by atoms with Gasteiger partial charge in [0.1, 0.15) is 6.67 Å². The third-order valence-corrected chi connectivity index (χ3v) is 1.61. The van der Waals surface area contributed by atoms with E-state index in [9.17, 15) is 4.79 Å². The summed E-state index contributed by atoms with van der Waals surface area (Å²) >= 11 is 0. The first-order valence-electron chi connectivity index (χ1n) is 3.42. The highest BCUT2D eigenvalue weighted by Gasteiger charge is 2.23. The Labute approximate surface area is 69.2 Å². The molecule has 5 nitrogen and oxygen atoms in total. The van der Waals surface area contributed by atoms with Gasteiger partial charge >= 0.3 is 6.03 Å². The van der Waals surface area contributed by atoms with E-state index in [2.05, 4.69) is 10.3 Å². The lowest BCUT2D eigenvalue weighted by atomic mass is 10.4. The van der Waals surface area contributed by atoms with Crippen molar-refractivity contribution < 1.29 is 4.79 Å². The Morgan fingerprint density at radius 3 is 3.25 bits per heavy atom. The molecule has 1 aromatic heterocycles. The summed E-state index contributed by atoms with van der Waals surface area (Å²) in [6.07, 6.45) is 1.64. The molecule has 0 saturated carbocycles. The van der Waals surface area contributed by atoms with Crippen LogP contribution in [0.4, 0.5) is 16.3 Å². The third kappa shape index (κ3) is 0.868. The summed E-state index contributed by atoms with van der Waals surface area (Å²) in [4.78, 5) is 16.1. The Morgan fingerprint density at radius 1 is 1.67 bits per heavy atom. The standard InChI is InChI=1S/C7H7N4O/c8-7(12)11-4-10-6-5(11)2-1-3-9-6/h1-4H,(H2,8,12)(H,9,10). The molecule has 61 valence electrons. The number of hydrogen-bond acceptors (Lipinski definition) is 3. The van der Waals surface area contributed by atoms with Gasteiger partial charge in [0.2, 0.25) is 0 Å². The highest BCUT2D eigenvalue weighted by Crippen LogP contribution is 2.29. The van der Waals surface area contributed by atoms with Gasteiger partial charge in [0.25, 0.3) is 0 Å². The average molecular weight is 163 g/mol. The zero-order valence-electron chi connectivity index (χ0n) is 6.19. The van der Waals surface area contributed by atoms with Crippen LogP contribution in [-0.4, -0.2) is 11.0 Å². The fourth-order valence-electron chi connectivity index (χ4n) is 1.08. The number of urea groups is 1. The summed E-state index contributed by atoms with van der Waals surface area (Å²) < 4.78 is 0. The van der Waals surface area contributed by atoms with Crippen LogP contribution in [-0.2, 0) is 0 Å². The molecule has 0 fully saturated rings. The first-order valence-corrected chi connectivity index (χ1v) is 3.42. The lowest BCUT2D eigenvalue weighted by molar-refractivity contribution is 0.255. The molecule has 3 N–H and O–H groups in total. The molecule has 0 unspecified atom stereocenters. The second kappa shape index (κ2) is 2.37. The van der Waals surface area contributed by atoms with Crippen molar-refractivity contribution in [1.82, 2.24) is 4.98 Å². The molecule has 0 saturated heterocycles. The lowest BCUT2D eigenvalue weighted by Gasteiger charge is -2.09. The van der Waals surface area contributed by atoms with Crippen molar-refractivity contribution in [3.63, 3.8) is 0 Å². The molecule has 1 radical (unpaired) electrons. The van der Waals surface area contributed by atoms with Crippen LogP contribution in [0.1, 0.15) is 0 Å². The SMILES string of the molecule is NC(=O)N1[CH]Nc2ncccc21. The van der Waals surface area contributed by atoms with E-state index in [4.69, 9.17) is 5.73 Å². The maximum Gasteiger partial charge on any atom is 0.321 e. The Kier molecular flexibility index (Phi) is 1.36. The van der Waals surface area contributed by atoms with Crippen molar-refractivity contribution in [3.05, 3.63) is 25.0 Å². The van der Waals surface area contributed by atoms with Crippen LogP contribution >= 0.6 is 0 Å². The molecule has 2 heterocycles. The van der Waals surface area contributed by atoms with Gasteiger partial charge in [-0.25, -0.2) is 9.78 Å². The van der Waals surface area contributed by atoms with Gasteiger partial charge < -0.3 is 11.1 Å². The molecule has 1 aromatic rings. The van der Waals surface area contributed by atoms with E-state index in [0.717, 1.165) is 0 Å². The summed E-state index contributed by atoms with van der Waals surface area (Å²) in [5.74, 6) is 0.649. The predicted molar refractivity (Wildman–Crippen MR) is 44.2 cm³/mol. The van der Waals surface area contributed by atoms with Crippen molar-refractivity contribution in [2.24, 2.45) is 5.73 Å². The number of pyridine rings is 1. The minimum Gasteiger partial charge on any atom is -0.351 e. The van der Waals surface area contributed by atoms with E-state index >= 15 is 0 Å². The Bertz CT molecular complexity index is 325. The molecule has 1 aliphatic rings. The lowest BCUT2D eigenvalue weighted by Crippen LogP contribution is -2.31. The molecule has 0 spiro atoms. The summed E-state index contributed by atoms with van der Waals surface area (Å²) in [7, 11) is 0. The highest BCUT2D eigenvalue weighted by atomic mass is 16.2. The Balaban J connectivity index is 2.42. The molecule has 0 atom stereocenters. The van der Waals surface area contributed by atoms with Crippen molar-refractivity contribution in [2.45, 2.75) is 0 Å². The quantitative estimate of drug-likeness (QED) is 0.585. The molecule has 12 heavy (non-hydrogen) atoms. The van der Waals surface area contributed by atoms with E-state index in [-0.39, 0.29) is 0 Å². The number of carbonyl (C=O) groups is 1. The number of nitrogens with zero attached hydrogens (tertiary/aromatic N) is 2. The Morgan fingerprint density at radius 2 is 2.50 bits per heavy atom. The van der Waals surface area contributed by atoms with Crippen LogP contribution in [0, 0.1) is 6.67 Å². The Hall–Kier alpha value is -1.78. The van der Waals surface area contributed by atoms with Crippen LogP contribution in [0.2, 0.25) is 0 Å². The topological polar surface area (TPSA) is 71.2 Å². The van der Waals surface area contributed by atoms with E-state index in [1.165, 1.54) is 11.6 Å². The van der Waals surface area contributed by atoms with Crippen molar-refractivity contribution in [3.8, 4) is 0 Å². The molecule has 0 aliphatic carbocycles. The van der Waals surface area contributed by atoms with Crippen LogP contribution in [0.3, 0.4) is 0 Å². The zero-order valence-corrected chi connectivity index (χ0v) is 6.19. The number of nitrogens with two attached hydrogens (primary N) is 1. The van der Waals surface area contributed by atoms with Crippen LogP contribution < -0.4 is 16.0 Å². The summed E-state index contributed by atoms with van der Waals surface area (Å²) in [6, 6.07) is 2.99. The maximum absolute atomic E-state index is 10.8. The van der Waals surface area contributed by atoms with Crippen LogP contribution in [0.15, 0.2) is 18.3 Å². The smallest absolute Gasteiger partial charge is 0.321 e. The average Bonchev–Trinajstić information content (AvgIpc) is 2.47. The van der Waals surface area contributed by atoms with Gasteiger partial charge in [0.15, 0.2) is 5.82 Å². The molecule has 2 rings (SSSR count). The van der Waals surface area contributed by atoms with Gasteiger partial charge in [-0.05, 0) is 12.1 Å². The summed E-state index contributed by atoms with van der Waals surface area (Å²) in [6.45, 7) is 1.49. The van der Waals surface area contributed by atoms with Gasteiger partial charge in [0, 0.05) is 6.20 Å². The second-order valence-electron chi connectivity index (χ2n) is 2.35. The van der Waals surface area contributed by atoms with Crippen LogP contribution in [0.5, 0.6) is 0 Å². The fraction of sp³-hybridized carbons (Fsp3) is 0. The minimum absolute atomic E-state index is 0.519. The maximum atomic E-state index is 10.8. The van der Waals surface area contributed by atoms with Gasteiger partial charge in [0.05, 0.1) is 5.69 Å². The number of fused-ring (bicyclic) bond motifs is 1. The second-order valence-corrected chi connectivity index (χ2v) is 2.35. The van der Waals surface area contributed by atoms with Gasteiger partial charge in [-0.2, -0.15) is 0 Å². The molecule has 0 aromatic carbocycles. The third-order valence-electron chi connectivity index (χ3n) is 1.61.